The van der Waals surface area contributed by atoms with Crippen molar-refractivity contribution < 1.29 is 18.0 Å². The highest BCUT2D eigenvalue weighted by Gasteiger charge is 2.34. The summed E-state index contributed by atoms with van der Waals surface area (Å²) in [7, 11) is 0. The van der Waals surface area contributed by atoms with Crippen molar-refractivity contribution in [1.82, 2.24) is 15.1 Å². The molecule has 0 saturated heterocycles. The number of hydrogen-bond acceptors (Lipinski definition) is 2. The van der Waals surface area contributed by atoms with E-state index in [-0.39, 0.29) is 5.91 Å². The number of nitrogens with zero attached hydrogens (tertiary/aromatic N) is 2. The molecule has 124 valence electrons. The lowest BCUT2D eigenvalue weighted by Gasteiger charge is -2.08. The van der Waals surface area contributed by atoms with Crippen LogP contribution in [0.15, 0.2) is 30.3 Å². The van der Waals surface area contributed by atoms with Crippen LogP contribution in [0.5, 0.6) is 0 Å². The van der Waals surface area contributed by atoms with Crippen LogP contribution < -0.4 is 5.32 Å². The fourth-order valence-corrected chi connectivity index (χ4v) is 2.23. The lowest BCUT2D eigenvalue weighted by Crippen LogP contribution is -2.26. The third-order valence-corrected chi connectivity index (χ3v) is 3.49. The average Bonchev–Trinajstić information content (AvgIpc) is 2.85. The number of carbonyl (C=O) groups excluding carboxylic acids is 1. The molecule has 2 aromatic rings. The monoisotopic (exact) mass is 325 g/mol. The summed E-state index contributed by atoms with van der Waals surface area (Å²) in [6.07, 6.45) is -3.94. The van der Waals surface area contributed by atoms with Crippen molar-refractivity contribution in [3.63, 3.8) is 0 Å². The van der Waals surface area contributed by atoms with Gasteiger partial charge in [-0.05, 0) is 38.0 Å². The van der Waals surface area contributed by atoms with E-state index in [0.29, 0.717) is 30.8 Å². The number of rotatable bonds is 5. The van der Waals surface area contributed by atoms with Crippen LogP contribution in [0.2, 0.25) is 0 Å². The summed E-state index contributed by atoms with van der Waals surface area (Å²) in [5.41, 5.74) is 1.03. The minimum Gasteiger partial charge on any atom is -0.352 e. The predicted octanol–water partition coefficient (Wildman–Crippen LogP) is 3.34. The highest BCUT2D eigenvalue weighted by molar-refractivity contribution is 5.95. The Labute approximate surface area is 132 Å². The summed E-state index contributed by atoms with van der Waals surface area (Å²) in [5.74, 6) is -0.184. The molecule has 0 saturated carbocycles. The number of amides is 1. The van der Waals surface area contributed by atoms with Crippen molar-refractivity contribution in [2.24, 2.45) is 0 Å². The van der Waals surface area contributed by atoms with Gasteiger partial charge in [0.1, 0.15) is 0 Å². The van der Waals surface area contributed by atoms with E-state index in [1.807, 2.05) is 19.1 Å². The second-order valence-corrected chi connectivity index (χ2v) is 5.32. The van der Waals surface area contributed by atoms with Crippen molar-refractivity contribution in [3.05, 3.63) is 52.8 Å². The Bertz CT molecular complexity index is 692. The normalized spacial score (nSPS) is 11.5. The highest BCUT2D eigenvalue weighted by Crippen LogP contribution is 2.28. The van der Waals surface area contributed by atoms with Crippen molar-refractivity contribution >= 4 is 5.91 Å². The molecule has 0 aliphatic rings. The van der Waals surface area contributed by atoms with Gasteiger partial charge < -0.3 is 5.32 Å². The molecule has 0 unspecified atom stereocenters. The molecule has 0 aliphatic carbocycles. The van der Waals surface area contributed by atoms with Crippen LogP contribution in [-0.4, -0.2) is 22.2 Å². The first-order valence-electron chi connectivity index (χ1n) is 7.24. The Hall–Kier alpha value is -2.31. The van der Waals surface area contributed by atoms with Crippen LogP contribution in [0.25, 0.3) is 0 Å². The van der Waals surface area contributed by atoms with Gasteiger partial charge in [-0.2, -0.15) is 18.3 Å². The average molecular weight is 325 g/mol. The molecule has 1 aromatic heterocycles. The Kier molecular flexibility index (Phi) is 5.08. The Morgan fingerprint density at radius 2 is 1.96 bits per heavy atom. The van der Waals surface area contributed by atoms with Gasteiger partial charge in [-0.25, -0.2) is 0 Å². The lowest BCUT2D eigenvalue weighted by atomic mass is 10.1. The third-order valence-electron chi connectivity index (χ3n) is 3.49. The number of aryl methyl sites for hydroxylation is 3. The van der Waals surface area contributed by atoms with E-state index in [2.05, 4.69) is 10.4 Å². The fraction of sp³-hybridized carbons (Fsp3) is 0.375. The van der Waals surface area contributed by atoms with E-state index in [1.54, 1.807) is 19.1 Å². The molecular formula is C16H18F3N3O. The molecule has 23 heavy (non-hydrogen) atoms. The summed E-state index contributed by atoms with van der Waals surface area (Å²) in [6.45, 7) is 4.11. The van der Waals surface area contributed by atoms with Crippen LogP contribution in [0, 0.1) is 13.8 Å². The Morgan fingerprint density at radius 3 is 2.57 bits per heavy atom. The molecular weight excluding hydrogens is 307 g/mol. The molecule has 2 rings (SSSR count). The minimum absolute atomic E-state index is 0.184. The van der Waals surface area contributed by atoms with Crippen molar-refractivity contribution in [2.45, 2.75) is 33.0 Å². The number of hydrogen-bond donors (Lipinski definition) is 1. The number of aromatic nitrogens is 2. The van der Waals surface area contributed by atoms with Crippen LogP contribution >= 0.6 is 0 Å². The maximum Gasteiger partial charge on any atom is 0.435 e. The summed E-state index contributed by atoms with van der Waals surface area (Å²) < 4.78 is 39.0. The number of benzene rings is 1. The Morgan fingerprint density at radius 1 is 1.26 bits per heavy atom. The second kappa shape index (κ2) is 6.85. The largest absolute Gasteiger partial charge is 0.435 e. The van der Waals surface area contributed by atoms with Crippen LogP contribution in [-0.2, 0) is 12.7 Å². The van der Waals surface area contributed by atoms with E-state index < -0.39 is 11.9 Å². The highest BCUT2D eigenvalue weighted by atomic mass is 19.4. The van der Waals surface area contributed by atoms with Gasteiger partial charge in [0.2, 0.25) is 0 Å². The van der Waals surface area contributed by atoms with Gasteiger partial charge >= 0.3 is 6.18 Å². The topological polar surface area (TPSA) is 46.9 Å². The summed E-state index contributed by atoms with van der Waals surface area (Å²) in [4.78, 5) is 12.0. The van der Waals surface area contributed by atoms with E-state index in [1.165, 1.54) is 4.68 Å². The number of halogens is 3. The second-order valence-electron chi connectivity index (χ2n) is 5.32. The van der Waals surface area contributed by atoms with E-state index in [9.17, 15) is 18.0 Å². The van der Waals surface area contributed by atoms with Crippen LogP contribution in [0.3, 0.4) is 0 Å². The SMILES string of the molecule is Cc1ccccc1C(=O)NCCCn1nc(C(F)(F)F)cc1C. The zero-order valence-electron chi connectivity index (χ0n) is 12.9. The third kappa shape index (κ3) is 4.34. The summed E-state index contributed by atoms with van der Waals surface area (Å²) in [6, 6.07) is 8.24. The maximum absolute atomic E-state index is 12.6. The van der Waals surface area contributed by atoms with Gasteiger partial charge in [-0.3, -0.25) is 9.48 Å². The molecule has 0 atom stereocenters. The number of alkyl halides is 3. The van der Waals surface area contributed by atoms with Crippen LogP contribution in [0.4, 0.5) is 13.2 Å². The van der Waals surface area contributed by atoms with E-state index in [0.717, 1.165) is 11.6 Å². The molecule has 0 radical (unpaired) electrons. The zero-order valence-corrected chi connectivity index (χ0v) is 12.9. The van der Waals surface area contributed by atoms with Crippen molar-refractivity contribution in [1.29, 1.82) is 0 Å². The number of carbonyl (C=O) groups is 1. The first-order valence-corrected chi connectivity index (χ1v) is 7.24. The van der Waals surface area contributed by atoms with Crippen LogP contribution in [0.1, 0.15) is 33.7 Å². The molecule has 1 N–H and O–H groups in total. The first-order chi connectivity index (χ1) is 10.8. The molecule has 0 spiro atoms. The quantitative estimate of drug-likeness (QED) is 0.857. The van der Waals surface area contributed by atoms with E-state index in [4.69, 9.17) is 0 Å². The van der Waals surface area contributed by atoms with Gasteiger partial charge in [-0.15, -0.1) is 0 Å². The molecule has 7 heteroatoms. The van der Waals surface area contributed by atoms with Gasteiger partial charge in [0.15, 0.2) is 5.69 Å². The Balaban J connectivity index is 1.85. The minimum atomic E-state index is -4.44. The van der Waals surface area contributed by atoms with E-state index >= 15 is 0 Å². The molecule has 1 aromatic carbocycles. The number of nitrogens with one attached hydrogen (secondary N) is 1. The standard InChI is InChI=1S/C16H18F3N3O/c1-11-6-3-4-7-13(11)15(23)20-8-5-9-22-12(2)10-14(21-22)16(17,18)19/h3-4,6-7,10H,5,8-9H2,1-2H3,(H,20,23). The first kappa shape index (κ1) is 17.1. The van der Waals surface area contributed by atoms with Crippen molar-refractivity contribution in [3.8, 4) is 0 Å². The maximum atomic E-state index is 12.6. The predicted molar refractivity (Wildman–Crippen MR) is 80.1 cm³/mol. The molecule has 0 fully saturated rings. The van der Waals surface area contributed by atoms with Gasteiger partial charge in [0.05, 0.1) is 0 Å². The molecule has 0 bridgehead atoms. The smallest absolute Gasteiger partial charge is 0.352 e. The lowest BCUT2D eigenvalue weighted by molar-refractivity contribution is -0.141. The van der Waals surface area contributed by atoms with Crippen molar-refractivity contribution in [2.75, 3.05) is 6.54 Å². The molecule has 1 heterocycles. The van der Waals surface area contributed by atoms with Gasteiger partial charge in [0.25, 0.3) is 5.91 Å². The fourth-order valence-electron chi connectivity index (χ4n) is 2.23. The molecule has 1 amide bonds. The zero-order chi connectivity index (χ0) is 17.0. The molecule has 4 nitrogen and oxygen atoms in total. The van der Waals surface area contributed by atoms with Gasteiger partial charge in [-0.1, -0.05) is 18.2 Å². The molecule has 0 aliphatic heterocycles. The summed E-state index contributed by atoms with van der Waals surface area (Å²) in [5, 5.41) is 6.31. The summed E-state index contributed by atoms with van der Waals surface area (Å²) >= 11 is 0. The van der Waals surface area contributed by atoms with Gasteiger partial charge in [0, 0.05) is 24.3 Å².